The smallest absolute Gasteiger partial charge is 0.218 e. The van der Waals surface area contributed by atoms with Crippen molar-refractivity contribution in [2.75, 3.05) is 0 Å². The van der Waals surface area contributed by atoms with E-state index in [2.05, 4.69) is 0 Å². The Kier molecular flexibility index (Phi) is 27.2. The molecule has 0 aromatic heterocycles. The maximum absolute atomic E-state index is 11.7. The van der Waals surface area contributed by atoms with Gasteiger partial charge in [0, 0.05) is 0 Å². The molecule has 15 aliphatic heterocycles. The Bertz CT molecular complexity index is 2110. The molecule has 15 heterocycles. The molecule has 32 heteroatoms. The molecule has 0 aromatic carbocycles. The molecule has 0 spiro atoms. The first-order valence-electron chi connectivity index (χ1n) is 30.9. The van der Waals surface area contributed by atoms with Crippen molar-refractivity contribution in [3.63, 3.8) is 0 Å². The van der Waals surface area contributed by atoms with Gasteiger partial charge in [0.15, 0.2) is 55.4 Å². The Morgan fingerprint density at radius 1 is 0.307 bits per heavy atom. The van der Waals surface area contributed by atoms with Crippen LogP contribution in [0.4, 0.5) is 0 Å². The highest BCUT2D eigenvalue weighted by Crippen LogP contribution is 2.40. The Hall–Kier alpha value is -1.86. The van der Waals surface area contributed by atoms with Gasteiger partial charge >= 0.3 is 0 Å². The molecule has 32 nitrogen and oxygen atoms in total. The van der Waals surface area contributed by atoms with E-state index < -0.39 is 233 Å². The zero-order valence-electron chi connectivity index (χ0n) is 50.9. The minimum absolute atomic E-state index is 0.000252. The first-order valence-corrected chi connectivity index (χ1v) is 30.9. The summed E-state index contributed by atoms with van der Waals surface area (Å²) < 4.78 is 78.7. The van der Waals surface area contributed by atoms with Crippen LogP contribution in [0.5, 0.6) is 0 Å². The SMILES string of the molecule is CCCC1OOC(CC)C(C(O)C(C)O)OC2OC(CC)C(OC3OC(CC)C(OC4OC(CC)C(OC5OC(CC)C(OC6OC(CC)C(OC7OC(CC)C(OC(O)/C(O)=C/1O)C(O)C7O)C(O)C6O)C(O)C5O)C(O)C4O)C(O)C3O)C(O)C2O. The molecule has 0 aliphatic carbocycles. The number of aliphatic hydroxyl groups excluding tert-OH is 17. The van der Waals surface area contributed by atoms with Gasteiger partial charge in [0.2, 0.25) is 6.29 Å². The van der Waals surface area contributed by atoms with E-state index in [4.69, 9.17) is 71.4 Å². The summed E-state index contributed by atoms with van der Waals surface area (Å²) in [6.45, 7) is 14.2. The van der Waals surface area contributed by atoms with E-state index in [0.717, 1.165) is 0 Å². The van der Waals surface area contributed by atoms with Gasteiger partial charge in [0.25, 0.3) is 0 Å². The molecule has 15 aliphatic rings. The first-order chi connectivity index (χ1) is 41.7. The van der Waals surface area contributed by atoms with Crippen LogP contribution in [0.2, 0.25) is 0 Å². The van der Waals surface area contributed by atoms with E-state index in [-0.39, 0.29) is 57.8 Å². The third-order valence-electron chi connectivity index (χ3n) is 17.5. The third kappa shape index (κ3) is 15.8. The molecule has 12 bridgehead atoms. The normalized spacial score (nSPS) is 50.8. The van der Waals surface area contributed by atoms with Gasteiger partial charge in [-0.1, -0.05) is 61.8 Å². The second-order valence-corrected chi connectivity index (χ2v) is 23.6. The Morgan fingerprint density at radius 3 is 0.795 bits per heavy atom. The van der Waals surface area contributed by atoms with Crippen molar-refractivity contribution in [1.29, 1.82) is 0 Å². The Labute approximate surface area is 509 Å². The molecule has 0 amide bonds. The number of aliphatic hydroxyl groups is 17. The van der Waals surface area contributed by atoms with E-state index in [0.29, 0.717) is 0 Å². The standard InChI is InChI=1S/C56H98O32/c1-10-18-27-29(59)36(66)50(73)80-43-20(11-2)74-51(37(67)30(43)60)81-44-21(12-3)75-52(38(68)31(44)61)82-45-22(13-4)76-53(39(69)32(45)62)83-46-23(14-5)77-54(40(70)33(46)63)84-47-24(15-6)78-55(41(71)34(47)64)85-48-25(16-7)79-56(42(72)35(48)65)86-49(28(58)19(9)57)26(17-8)87-88-27/h19-28,30-35,37-73H,10-18H2,1-9H3/b36-29+. The molecular weight excluding hydrogens is 1180 g/mol. The van der Waals surface area contributed by atoms with Crippen LogP contribution in [0.25, 0.3) is 0 Å². The van der Waals surface area contributed by atoms with Crippen molar-refractivity contribution in [2.24, 2.45) is 0 Å². The maximum atomic E-state index is 11.7. The van der Waals surface area contributed by atoms with Crippen molar-refractivity contribution in [3.8, 4) is 0 Å². The van der Waals surface area contributed by atoms with Crippen LogP contribution in [0.1, 0.15) is 120 Å². The topological polar surface area (TPSA) is 482 Å². The fourth-order valence-electron chi connectivity index (χ4n) is 12.2. The van der Waals surface area contributed by atoms with Crippen molar-refractivity contribution < 1.29 is 158 Å². The predicted octanol–water partition coefficient (Wildman–Crippen LogP) is -3.88. The highest BCUT2D eigenvalue weighted by atomic mass is 17.2. The molecule has 0 radical (unpaired) electrons. The van der Waals surface area contributed by atoms with Gasteiger partial charge in [0.05, 0.1) is 42.7 Å². The van der Waals surface area contributed by atoms with E-state index in [1.165, 1.54) is 6.92 Å². The second-order valence-electron chi connectivity index (χ2n) is 23.6. The number of ether oxygens (including phenoxy) is 13. The first kappa shape index (κ1) is 73.5. The number of hydrogen-bond donors (Lipinski definition) is 17. The highest BCUT2D eigenvalue weighted by molar-refractivity contribution is 5.08. The van der Waals surface area contributed by atoms with Crippen molar-refractivity contribution in [2.45, 2.75) is 341 Å². The van der Waals surface area contributed by atoms with Crippen molar-refractivity contribution in [3.05, 3.63) is 11.5 Å². The summed E-state index contributed by atoms with van der Waals surface area (Å²) in [4.78, 5) is 11.4. The lowest BCUT2D eigenvalue weighted by Gasteiger charge is -2.50. The molecule has 88 heavy (non-hydrogen) atoms. The van der Waals surface area contributed by atoms with E-state index in [9.17, 15) is 86.8 Å². The van der Waals surface area contributed by atoms with Gasteiger partial charge < -0.3 is 148 Å². The van der Waals surface area contributed by atoms with Crippen molar-refractivity contribution in [1.82, 2.24) is 0 Å². The quantitative estimate of drug-likeness (QED) is 0.0880. The minimum atomic E-state index is -2.44. The monoisotopic (exact) mass is 1280 g/mol. The summed E-state index contributed by atoms with van der Waals surface area (Å²) in [5, 5.41) is 195. The summed E-state index contributed by atoms with van der Waals surface area (Å²) >= 11 is 0. The zero-order chi connectivity index (χ0) is 64.9. The lowest BCUT2D eigenvalue weighted by Crippen LogP contribution is -2.67. The summed E-state index contributed by atoms with van der Waals surface area (Å²) in [5.74, 6) is -2.26. The summed E-state index contributed by atoms with van der Waals surface area (Å²) in [5.41, 5.74) is 0. The molecule has 36 atom stereocenters. The summed E-state index contributed by atoms with van der Waals surface area (Å²) in [6, 6.07) is 0. The van der Waals surface area contributed by atoms with Crippen LogP contribution in [-0.2, 0) is 71.4 Å². The van der Waals surface area contributed by atoms with Gasteiger partial charge in [-0.05, 0) is 58.3 Å². The van der Waals surface area contributed by atoms with Crippen LogP contribution >= 0.6 is 0 Å². The van der Waals surface area contributed by atoms with Gasteiger partial charge in [0.1, 0.15) is 128 Å². The molecule has 36 unspecified atom stereocenters. The van der Waals surface area contributed by atoms with Gasteiger partial charge in [-0.3, -0.25) is 0 Å². The van der Waals surface area contributed by atoms with Crippen LogP contribution in [0.15, 0.2) is 11.5 Å². The molecule has 0 aromatic rings. The summed E-state index contributed by atoms with van der Waals surface area (Å²) in [6.07, 6.45) is -59.7. The van der Waals surface area contributed by atoms with E-state index in [1.54, 1.807) is 55.4 Å². The Morgan fingerprint density at radius 2 is 0.557 bits per heavy atom. The largest absolute Gasteiger partial charge is 0.506 e. The van der Waals surface area contributed by atoms with Crippen LogP contribution < -0.4 is 0 Å². The molecule has 6 saturated heterocycles. The van der Waals surface area contributed by atoms with Gasteiger partial charge in [-0.2, -0.15) is 0 Å². The van der Waals surface area contributed by atoms with Crippen molar-refractivity contribution >= 4 is 0 Å². The fraction of sp³-hybridized carbons (Fsp3) is 0.964. The zero-order valence-corrected chi connectivity index (χ0v) is 50.9. The number of rotatable bonds is 11. The second kappa shape index (κ2) is 32.5. The van der Waals surface area contributed by atoms with E-state index >= 15 is 0 Å². The van der Waals surface area contributed by atoms with Crippen LogP contribution in [-0.4, -0.2) is 308 Å². The third-order valence-corrected chi connectivity index (χ3v) is 17.5. The maximum Gasteiger partial charge on any atom is 0.218 e. The molecule has 514 valence electrons. The molecule has 15 rings (SSSR count). The van der Waals surface area contributed by atoms with Gasteiger partial charge in [-0.15, -0.1) is 0 Å². The van der Waals surface area contributed by atoms with E-state index in [1.807, 2.05) is 0 Å². The average Bonchev–Trinajstić information content (AvgIpc) is 1.10. The summed E-state index contributed by atoms with van der Waals surface area (Å²) in [7, 11) is 0. The Balaban J connectivity index is 1.19. The minimum Gasteiger partial charge on any atom is -0.506 e. The predicted molar refractivity (Wildman–Crippen MR) is 291 cm³/mol. The number of fused-ring (bicyclic) bond motifs is 2. The molecule has 0 saturated carbocycles. The fourth-order valence-corrected chi connectivity index (χ4v) is 12.2. The molecule has 6 fully saturated rings. The number of hydrogen-bond acceptors (Lipinski definition) is 32. The van der Waals surface area contributed by atoms with Gasteiger partial charge in [-0.25, -0.2) is 9.78 Å². The van der Waals surface area contributed by atoms with Crippen LogP contribution in [0.3, 0.4) is 0 Å². The van der Waals surface area contributed by atoms with Crippen LogP contribution in [0, 0.1) is 0 Å². The lowest BCUT2D eigenvalue weighted by molar-refractivity contribution is -0.398. The molecular formula is C56H98O32. The average molecular weight is 1280 g/mol. The highest BCUT2D eigenvalue weighted by Gasteiger charge is 2.58. The molecule has 17 N–H and O–H groups in total. The lowest BCUT2D eigenvalue weighted by atomic mass is 9.93.